The third-order valence-electron chi connectivity index (χ3n) is 3.92. The number of anilines is 1. The van der Waals surface area contributed by atoms with E-state index in [0.29, 0.717) is 31.3 Å². The van der Waals surface area contributed by atoms with Crippen LogP contribution in [0.4, 0.5) is 5.95 Å². The smallest absolute Gasteiger partial charge is 0.225 e. The van der Waals surface area contributed by atoms with Crippen LogP contribution in [0.15, 0.2) is 36.7 Å². The zero-order valence-electron chi connectivity index (χ0n) is 13.4. The molecule has 128 valence electrons. The zero-order chi connectivity index (χ0) is 16.8. The van der Waals surface area contributed by atoms with Crippen LogP contribution in [-0.2, 0) is 11.3 Å². The highest BCUT2D eigenvalue weighted by molar-refractivity contribution is 6.31. The molecule has 1 atom stereocenters. The SMILES string of the molecule is OC(CNCc1cnc(N2CCOCC2)nc1)c1ccccc1Cl. The summed E-state index contributed by atoms with van der Waals surface area (Å²) in [5.41, 5.74) is 1.70. The van der Waals surface area contributed by atoms with Gasteiger partial charge in [0.05, 0.1) is 19.3 Å². The molecule has 1 fully saturated rings. The molecule has 1 aromatic carbocycles. The van der Waals surface area contributed by atoms with E-state index in [1.165, 1.54) is 0 Å². The van der Waals surface area contributed by atoms with Crippen LogP contribution in [0.2, 0.25) is 5.02 Å². The molecule has 1 aliphatic heterocycles. The predicted octanol–water partition coefficient (Wildman–Crippen LogP) is 1.79. The molecule has 24 heavy (non-hydrogen) atoms. The largest absolute Gasteiger partial charge is 0.387 e. The Morgan fingerprint density at radius 1 is 1.21 bits per heavy atom. The summed E-state index contributed by atoms with van der Waals surface area (Å²) in [6, 6.07) is 7.31. The Bertz CT molecular complexity index is 647. The van der Waals surface area contributed by atoms with Crippen LogP contribution in [0.1, 0.15) is 17.2 Å². The van der Waals surface area contributed by atoms with Crippen LogP contribution >= 0.6 is 11.6 Å². The number of benzene rings is 1. The first-order valence-corrected chi connectivity index (χ1v) is 8.38. The first-order chi connectivity index (χ1) is 11.7. The predicted molar refractivity (Wildman–Crippen MR) is 93.2 cm³/mol. The molecule has 1 aromatic heterocycles. The molecule has 2 N–H and O–H groups in total. The van der Waals surface area contributed by atoms with Gasteiger partial charge < -0.3 is 20.1 Å². The highest BCUT2D eigenvalue weighted by atomic mass is 35.5. The maximum atomic E-state index is 10.2. The Morgan fingerprint density at radius 2 is 1.92 bits per heavy atom. The number of morpholine rings is 1. The van der Waals surface area contributed by atoms with Crippen molar-refractivity contribution in [3.8, 4) is 0 Å². The average molecular weight is 349 g/mol. The topological polar surface area (TPSA) is 70.5 Å². The van der Waals surface area contributed by atoms with Gasteiger partial charge in [-0.2, -0.15) is 0 Å². The highest BCUT2D eigenvalue weighted by Crippen LogP contribution is 2.21. The van der Waals surface area contributed by atoms with E-state index in [0.717, 1.165) is 30.2 Å². The van der Waals surface area contributed by atoms with Crippen molar-refractivity contribution < 1.29 is 9.84 Å². The van der Waals surface area contributed by atoms with Gasteiger partial charge in [-0.25, -0.2) is 9.97 Å². The third kappa shape index (κ3) is 4.42. The monoisotopic (exact) mass is 348 g/mol. The molecule has 0 amide bonds. The number of aliphatic hydroxyl groups is 1. The highest BCUT2D eigenvalue weighted by Gasteiger charge is 2.14. The molecule has 0 aliphatic carbocycles. The first kappa shape index (κ1) is 17.1. The molecular formula is C17H21ClN4O2. The normalized spacial score (nSPS) is 16.2. The van der Waals surface area contributed by atoms with Gasteiger partial charge in [0.15, 0.2) is 0 Å². The van der Waals surface area contributed by atoms with E-state index in [1.54, 1.807) is 6.07 Å². The minimum absolute atomic E-state index is 0.412. The van der Waals surface area contributed by atoms with Crippen molar-refractivity contribution in [3.63, 3.8) is 0 Å². The van der Waals surface area contributed by atoms with Gasteiger partial charge in [0.25, 0.3) is 0 Å². The second-order valence-electron chi connectivity index (χ2n) is 5.66. The fourth-order valence-electron chi connectivity index (χ4n) is 2.57. The van der Waals surface area contributed by atoms with Crippen molar-refractivity contribution in [3.05, 3.63) is 52.8 Å². The molecule has 1 saturated heterocycles. The lowest BCUT2D eigenvalue weighted by molar-refractivity contribution is 0.122. The summed E-state index contributed by atoms with van der Waals surface area (Å²) >= 11 is 6.08. The lowest BCUT2D eigenvalue weighted by atomic mass is 10.1. The Kier molecular flexibility index (Phi) is 5.98. The van der Waals surface area contributed by atoms with Crippen LogP contribution in [0, 0.1) is 0 Å². The Balaban J connectivity index is 1.49. The van der Waals surface area contributed by atoms with Crippen molar-refractivity contribution in [2.75, 3.05) is 37.7 Å². The van der Waals surface area contributed by atoms with Crippen LogP contribution < -0.4 is 10.2 Å². The van der Waals surface area contributed by atoms with Crippen molar-refractivity contribution in [1.82, 2.24) is 15.3 Å². The molecule has 3 rings (SSSR count). The third-order valence-corrected chi connectivity index (χ3v) is 4.26. The maximum absolute atomic E-state index is 10.2. The quantitative estimate of drug-likeness (QED) is 0.829. The second kappa shape index (κ2) is 8.39. The fourth-order valence-corrected chi connectivity index (χ4v) is 2.84. The Labute approximate surface area is 146 Å². The number of rotatable bonds is 6. The number of nitrogens with one attached hydrogen (secondary N) is 1. The molecule has 6 nitrogen and oxygen atoms in total. The van der Waals surface area contributed by atoms with Crippen molar-refractivity contribution >= 4 is 17.5 Å². The number of ether oxygens (including phenoxy) is 1. The molecule has 0 bridgehead atoms. The maximum Gasteiger partial charge on any atom is 0.225 e. The minimum Gasteiger partial charge on any atom is -0.387 e. The fraction of sp³-hybridized carbons (Fsp3) is 0.412. The standard InChI is InChI=1S/C17H21ClN4O2/c18-15-4-2-1-3-14(15)16(23)12-19-9-13-10-20-17(21-11-13)22-5-7-24-8-6-22/h1-4,10-11,16,19,23H,5-9,12H2. The molecule has 0 radical (unpaired) electrons. The summed E-state index contributed by atoms with van der Waals surface area (Å²) in [5, 5.41) is 14.0. The molecule has 7 heteroatoms. The molecule has 0 saturated carbocycles. The van der Waals surface area contributed by atoms with Gasteiger partial charge in [-0.1, -0.05) is 29.8 Å². The second-order valence-corrected chi connectivity index (χ2v) is 6.07. The van der Waals surface area contributed by atoms with E-state index in [1.807, 2.05) is 30.6 Å². The van der Waals surface area contributed by atoms with E-state index in [4.69, 9.17) is 16.3 Å². The Hall–Kier alpha value is -1.73. The number of hydrogen-bond donors (Lipinski definition) is 2. The summed E-state index contributed by atoms with van der Waals surface area (Å²) in [6.45, 7) is 4.07. The number of nitrogens with zero attached hydrogens (tertiary/aromatic N) is 3. The molecule has 2 heterocycles. The minimum atomic E-state index is -0.646. The van der Waals surface area contributed by atoms with E-state index >= 15 is 0 Å². The average Bonchev–Trinajstić information content (AvgIpc) is 2.63. The van der Waals surface area contributed by atoms with Gasteiger partial charge in [-0.3, -0.25) is 0 Å². The summed E-state index contributed by atoms with van der Waals surface area (Å²) in [6.07, 6.45) is 2.98. The van der Waals surface area contributed by atoms with Gasteiger partial charge >= 0.3 is 0 Å². The summed E-state index contributed by atoms with van der Waals surface area (Å²) in [4.78, 5) is 10.9. The van der Waals surface area contributed by atoms with Crippen LogP contribution in [0.25, 0.3) is 0 Å². The lowest BCUT2D eigenvalue weighted by Gasteiger charge is -2.26. The summed E-state index contributed by atoms with van der Waals surface area (Å²) < 4.78 is 5.32. The zero-order valence-corrected chi connectivity index (χ0v) is 14.1. The van der Waals surface area contributed by atoms with Crippen LogP contribution in [-0.4, -0.2) is 47.9 Å². The van der Waals surface area contributed by atoms with E-state index in [9.17, 15) is 5.11 Å². The Morgan fingerprint density at radius 3 is 2.62 bits per heavy atom. The van der Waals surface area contributed by atoms with Gasteiger partial charge in [-0.15, -0.1) is 0 Å². The van der Waals surface area contributed by atoms with Crippen molar-refractivity contribution in [2.45, 2.75) is 12.6 Å². The van der Waals surface area contributed by atoms with Gasteiger partial charge in [0.2, 0.25) is 5.95 Å². The first-order valence-electron chi connectivity index (χ1n) is 8.01. The number of hydrogen-bond acceptors (Lipinski definition) is 6. The van der Waals surface area contributed by atoms with Gasteiger partial charge in [0.1, 0.15) is 0 Å². The molecule has 1 unspecified atom stereocenters. The lowest BCUT2D eigenvalue weighted by Crippen LogP contribution is -2.37. The van der Waals surface area contributed by atoms with Gasteiger partial charge in [-0.05, 0) is 6.07 Å². The number of aromatic nitrogens is 2. The van der Waals surface area contributed by atoms with E-state index < -0.39 is 6.10 Å². The van der Waals surface area contributed by atoms with Crippen LogP contribution in [0.3, 0.4) is 0 Å². The number of aliphatic hydroxyl groups excluding tert-OH is 1. The van der Waals surface area contributed by atoms with Gasteiger partial charge in [0, 0.05) is 54.7 Å². The van der Waals surface area contributed by atoms with E-state index in [-0.39, 0.29) is 0 Å². The van der Waals surface area contributed by atoms with Crippen molar-refractivity contribution in [2.24, 2.45) is 0 Å². The summed E-state index contributed by atoms with van der Waals surface area (Å²) in [5.74, 6) is 0.734. The van der Waals surface area contributed by atoms with E-state index in [2.05, 4.69) is 20.2 Å². The molecule has 0 spiro atoms. The number of halogens is 1. The molecule has 1 aliphatic rings. The molecular weight excluding hydrogens is 328 g/mol. The molecule has 2 aromatic rings. The van der Waals surface area contributed by atoms with Crippen molar-refractivity contribution in [1.29, 1.82) is 0 Å². The van der Waals surface area contributed by atoms with Crippen LogP contribution in [0.5, 0.6) is 0 Å². The summed E-state index contributed by atoms with van der Waals surface area (Å²) in [7, 11) is 0.